The van der Waals surface area contributed by atoms with E-state index in [1.807, 2.05) is 0 Å². The minimum atomic E-state index is -2.70. The van der Waals surface area contributed by atoms with Crippen LogP contribution in [-0.4, -0.2) is 29.5 Å². The standard InChI is InChI=1S/C12H10N2O5S/c15-12(16)9-6-13-10(7-20(17)18)14-11(9)19-8-4-2-1-3-5-8/h1-6,20H,7H2,(H,15,16). The molecule has 2 aromatic rings. The van der Waals surface area contributed by atoms with E-state index < -0.39 is 16.7 Å². The molecule has 0 bridgehead atoms. The number of carboxylic acid groups (broad SMARTS) is 1. The fourth-order valence-corrected chi connectivity index (χ4v) is 1.80. The van der Waals surface area contributed by atoms with Crippen molar-refractivity contribution in [3.8, 4) is 11.6 Å². The predicted molar refractivity (Wildman–Crippen MR) is 69.5 cm³/mol. The van der Waals surface area contributed by atoms with Gasteiger partial charge in [-0.15, -0.1) is 0 Å². The largest absolute Gasteiger partial charge is 0.477 e. The number of benzene rings is 1. The second-order valence-corrected chi connectivity index (χ2v) is 4.70. The lowest BCUT2D eigenvalue weighted by Crippen LogP contribution is -2.06. The van der Waals surface area contributed by atoms with Gasteiger partial charge in [0.05, 0.1) is 0 Å². The van der Waals surface area contributed by atoms with Gasteiger partial charge in [0.15, 0.2) is 0 Å². The highest BCUT2D eigenvalue weighted by Crippen LogP contribution is 2.22. The van der Waals surface area contributed by atoms with Gasteiger partial charge in [-0.3, -0.25) is 0 Å². The van der Waals surface area contributed by atoms with E-state index in [-0.39, 0.29) is 23.0 Å². The lowest BCUT2D eigenvalue weighted by Gasteiger charge is -2.08. The summed E-state index contributed by atoms with van der Waals surface area (Å²) in [4.78, 5) is 18.6. The van der Waals surface area contributed by atoms with Gasteiger partial charge >= 0.3 is 5.97 Å². The Morgan fingerprint density at radius 2 is 1.95 bits per heavy atom. The highest BCUT2D eigenvalue weighted by molar-refractivity contribution is 7.71. The quantitative estimate of drug-likeness (QED) is 0.794. The Bertz CT molecular complexity index is 692. The molecule has 2 rings (SSSR count). The number of nitrogens with zero attached hydrogens (tertiary/aromatic N) is 2. The number of aromatic nitrogens is 2. The molecule has 0 radical (unpaired) electrons. The molecule has 0 aliphatic carbocycles. The highest BCUT2D eigenvalue weighted by Gasteiger charge is 2.16. The number of hydrogen-bond acceptors (Lipinski definition) is 6. The van der Waals surface area contributed by atoms with Crippen LogP contribution < -0.4 is 4.74 Å². The molecule has 0 aliphatic heterocycles. The van der Waals surface area contributed by atoms with Gasteiger partial charge in [-0.1, -0.05) is 18.2 Å². The summed E-state index contributed by atoms with van der Waals surface area (Å²) in [7, 11) is -2.70. The van der Waals surface area contributed by atoms with Crippen molar-refractivity contribution in [3.63, 3.8) is 0 Å². The van der Waals surface area contributed by atoms with Gasteiger partial charge in [0.25, 0.3) is 0 Å². The SMILES string of the molecule is O=C(O)c1cnc(C[SH](=O)=O)nc1Oc1ccccc1. The van der Waals surface area contributed by atoms with Crippen LogP contribution in [0.25, 0.3) is 0 Å². The smallest absolute Gasteiger partial charge is 0.342 e. The molecule has 0 saturated heterocycles. The Balaban J connectivity index is 2.39. The number of carboxylic acids is 1. The summed E-state index contributed by atoms with van der Waals surface area (Å²) < 4.78 is 26.7. The van der Waals surface area contributed by atoms with Crippen LogP contribution in [0.1, 0.15) is 16.2 Å². The van der Waals surface area contributed by atoms with E-state index >= 15 is 0 Å². The average Bonchev–Trinajstić information content (AvgIpc) is 2.39. The van der Waals surface area contributed by atoms with Crippen molar-refractivity contribution in [1.82, 2.24) is 9.97 Å². The maximum atomic E-state index is 11.1. The van der Waals surface area contributed by atoms with Crippen molar-refractivity contribution in [2.75, 3.05) is 0 Å². The van der Waals surface area contributed by atoms with Gasteiger partial charge in [-0.2, -0.15) is 4.98 Å². The second-order valence-electron chi connectivity index (χ2n) is 3.72. The van der Waals surface area contributed by atoms with E-state index in [1.54, 1.807) is 30.3 Å². The van der Waals surface area contributed by atoms with Crippen molar-refractivity contribution < 1.29 is 23.1 Å². The summed E-state index contributed by atoms with van der Waals surface area (Å²) in [5, 5.41) is 9.04. The molecule has 8 heteroatoms. The van der Waals surface area contributed by atoms with E-state index in [1.165, 1.54) is 0 Å². The van der Waals surface area contributed by atoms with Gasteiger partial charge < -0.3 is 9.84 Å². The number of rotatable bonds is 5. The predicted octanol–water partition coefficient (Wildman–Crippen LogP) is 1.08. The number of ether oxygens (including phenoxy) is 1. The number of carbonyl (C=O) groups is 1. The van der Waals surface area contributed by atoms with Crippen LogP contribution in [0.15, 0.2) is 36.5 Å². The molecule has 1 heterocycles. The zero-order valence-corrected chi connectivity index (χ0v) is 11.0. The van der Waals surface area contributed by atoms with Crippen molar-refractivity contribution in [3.05, 3.63) is 47.9 Å². The fourth-order valence-electron chi connectivity index (χ4n) is 1.42. The number of thiol groups is 1. The lowest BCUT2D eigenvalue weighted by molar-refractivity contribution is 0.0692. The van der Waals surface area contributed by atoms with Crippen molar-refractivity contribution in [2.45, 2.75) is 5.75 Å². The van der Waals surface area contributed by atoms with Crippen LogP contribution in [0.3, 0.4) is 0 Å². The van der Waals surface area contributed by atoms with Crippen LogP contribution in [0.2, 0.25) is 0 Å². The minimum absolute atomic E-state index is 0.0166. The molecule has 7 nitrogen and oxygen atoms in total. The third-order valence-corrected chi connectivity index (χ3v) is 2.80. The molecule has 0 saturated carbocycles. The first-order valence-electron chi connectivity index (χ1n) is 5.50. The number of aromatic carboxylic acids is 1. The van der Waals surface area contributed by atoms with Gasteiger partial charge in [-0.05, 0) is 12.1 Å². The zero-order valence-electron chi connectivity index (χ0n) is 10.1. The molecule has 0 atom stereocenters. The van der Waals surface area contributed by atoms with Crippen LogP contribution in [0.5, 0.6) is 11.6 Å². The average molecular weight is 294 g/mol. The lowest BCUT2D eigenvalue weighted by atomic mass is 10.3. The molecule has 104 valence electrons. The molecule has 1 N–H and O–H groups in total. The molecule has 0 spiro atoms. The zero-order chi connectivity index (χ0) is 14.5. The van der Waals surface area contributed by atoms with Crippen molar-refractivity contribution in [2.24, 2.45) is 0 Å². The number of para-hydroxylation sites is 1. The first kappa shape index (κ1) is 13.9. The van der Waals surface area contributed by atoms with E-state index in [0.29, 0.717) is 5.75 Å². The Hall–Kier alpha value is -2.48. The molecular weight excluding hydrogens is 284 g/mol. The third kappa shape index (κ3) is 3.51. The number of hydrogen-bond donors (Lipinski definition) is 2. The second kappa shape index (κ2) is 6.11. The Morgan fingerprint density at radius 1 is 1.25 bits per heavy atom. The van der Waals surface area contributed by atoms with Gasteiger partial charge in [0.1, 0.15) is 33.6 Å². The Morgan fingerprint density at radius 3 is 2.55 bits per heavy atom. The first-order valence-corrected chi connectivity index (χ1v) is 6.86. The fraction of sp³-hybridized carbons (Fsp3) is 0.0833. The van der Waals surface area contributed by atoms with E-state index in [4.69, 9.17) is 9.84 Å². The topological polar surface area (TPSA) is 106 Å². The van der Waals surface area contributed by atoms with E-state index in [2.05, 4.69) is 9.97 Å². The molecule has 0 amide bonds. The van der Waals surface area contributed by atoms with Crippen LogP contribution >= 0.6 is 0 Å². The monoisotopic (exact) mass is 294 g/mol. The van der Waals surface area contributed by atoms with Crippen molar-refractivity contribution in [1.29, 1.82) is 0 Å². The van der Waals surface area contributed by atoms with E-state index in [0.717, 1.165) is 6.20 Å². The van der Waals surface area contributed by atoms with Crippen molar-refractivity contribution >= 4 is 16.7 Å². The summed E-state index contributed by atoms with van der Waals surface area (Å²) in [5.41, 5.74) is -0.237. The Kier molecular flexibility index (Phi) is 4.26. The van der Waals surface area contributed by atoms with E-state index in [9.17, 15) is 13.2 Å². The molecule has 1 aromatic carbocycles. The third-order valence-electron chi connectivity index (χ3n) is 2.26. The molecule has 20 heavy (non-hydrogen) atoms. The minimum Gasteiger partial charge on any atom is -0.477 e. The molecule has 1 aromatic heterocycles. The maximum Gasteiger partial charge on any atom is 0.342 e. The summed E-state index contributed by atoms with van der Waals surface area (Å²) in [6.45, 7) is 0. The van der Waals surface area contributed by atoms with Crippen LogP contribution in [-0.2, 0) is 16.5 Å². The van der Waals surface area contributed by atoms with Gasteiger partial charge in [-0.25, -0.2) is 18.2 Å². The first-order chi connectivity index (χ1) is 9.56. The van der Waals surface area contributed by atoms with Gasteiger partial charge in [0.2, 0.25) is 5.88 Å². The summed E-state index contributed by atoms with van der Waals surface area (Å²) in [6.07, 6.45) is 1.03. The molecule has 0 fully saturated rings. The Labute approximate surface area is 115 Å². The normalized spacial score (nSPS) is 10.4. The molecule has 0 aliphatic rings. The summed E-state index contributed by atoms with van der Waals surface area (Å²) >= 11 is 0. The maximum absolute atomic E-state index is 11.1. The summed E-state index contributed by atoms with van der Waals surface area (Å²) in [5.74, 6) is -1.44. The molecular formula is C12H10N2O5S. The highest BCUT2D eigenvalue weighted by atomic mass is 32.2. The van der Waals surface area contributed by atoms with Gasteiger partial charge in [0, 0.05) is 6.20 Å². The van der Waals surface area contributed by atoms with Crippen LogP contribution in [0.4, 0.5) is 0 Å². The molecule has 0 unspecified atom stereocenters. The van der Waals surface area contributed by atoms with Crippen LogP contribution in [0, 0.1) is 0 Å². The summed E-state index contributed by atoms with van der Waals surface area (Å²) in [6, 6.07) is 8.46.